The largest absolute Gasteiger partial charge is 0.332 e. The molecule has 25 heavy (non-hydrogen) atoms. The molecule has 1 aromatic carbocycles. The highest BCUT2D eigenvalue weighted by Crippen LogP contribution is 2.23. The Morgan fingerprint density at radius 2 is 2.08 bits per heavy atom. The zero-order valence-corrected chi connectivity index (χ0v) is 16.0. The van der Waals surface area contributed by atoms with Crippen LogP contribution in [0.25, 0.3) is 0 Å². The molecule has 3 rings (SSSR count). The molecule has 4 nitrogen and oxygen atoms in total. The van der Waals surface area contributed by atoms with Gasteiger partial charge in [0.1, 0.15) is 0 Å². The van der Waals surface area contributed by atoms with Crippen molar-refractivity contribution in [2.24, 2.45) is 0 Å². The molecular weight excluding hydrogens is 330 g/mol. The average molecular weight is 358 g/mol. The van der Waals surface area contributed by atoms with Crippen LogP contribution in [-0.4, -0.2) is 39.8 Å². The molecule has 1 aromatic heterocycles. The van der Waals surface area contributed by atoms with Crippen LogP contribution in [0.4, 0.5) is 0 Å². The summed E-state index contributed by atoms with van der Waals surface area (Å²) in [5.41, 5.74) is 4.08. The lowest BCUT2D eigenvalue weighted by molar-refractivity contribution is -0.139. The van der Waals surface area contributed by atoms with Gasteiger partial charge in [0, 0.05) is 11.4 Å². The Bertz CT molecular complexity index is 685. The molecule has 5 heteroatoms. The highest BCUT2D eigenvalue weighted by molar-refractivity contribution is 7.09. The van der Waals surface area contributed by atoms with Gasteiger partial charge < -0.3 is 4.90 Å². The highest BCUT2D eigenvalue weighted by Gasteiger charge is 2.31. The minimum Gasteiger partial charge on any atom is -0.332 e. The summed E-state index contributed by atoms with van der Waals surface area (Å²) in [7, 11) is 0. The second-order valence-corrected chi connectivity index (χ2v) is 7.62. The summed E-state index contributed by atoms with van der Waals surface area (Å²) >= 11 is 1.64. The maximum Gasteiger partial charge on any atom is 0.240 e. The van der Waals surface area contributed by atoms with E-state index in [9.17, 15) is 4.79 Å². The molecule has 134 valence electrons. The predicted molar refractivity (Wildman–Crippen MR) is 102 cm³/mol. The van der Waals surface area contributed by atoms with Crippen LogP contribution in [0.15, 0.2) is 35.8 Å². The number of aryl methyl sites for hydroxylation is 1. The van der Waals surface area contributed by atoms with Crippen LogP contribution in [0.5, 0.6) is 0 Å². The summed E-state index contributed by atoms with van der Waals surface area (Å²) in [5.74, 6) is 0.262. The number of likely N-dealkylation sites (N-methyl/N-ethyl adjacent to an activating group) is 1. The van der Waals surface area contributed by atoms with Crippen molar-refractivity contribution in [2.45, 2.75) is 52.2 Å². The van der Waals surface area contributed by atoms with Crippen molar-refractivity contribution >= 4 is 17.2 Å². The number of aromatic nitrogens is 1. The minimum atomic E-state index is 0.0238. The quantitative estimate of drug-likeness (QED) is 0.788. The maximum absolute atomic E-state index is 13.4. The first kappa shape index (κ1) is 18.1. The Labute approximate surface area is 154 Å². The number of hydrogen-bond acceptors (Lipinski definition) is 4. The second-order valence-electron chi connectivity index (χ2n) is 6.68. The smallest absolute Gasteiger partial charge is 0.240 e. The second kappa shape index (κ2) is 8.59. The van der Waals surface area contributed by atoms with Gasteiger partial charge in [0.15, 0.2) is 0 Å². The van der Waals surface area contributed by atoms with Gasteiger partial charge in [0.25, 0.3) is 0 Å². The van der Waals surface area contributed by atoms with Crippen molar-refractivity contribution in [2.75, 3.05) is 13.1 Å². The average Bonchev–Trinajstić information content (AvgIpc) is 3.06. The molecule has 0 N–H and O–H groups in total. The summed E-state index contributed by atoms with van der Waals surface area (Å²) in [6, 6.07) is 10.3. The molecular formula is C20H27N3OS. The zero-order valence-electron chi connectivity index (χ0n) is 15.1. The first-order valence-corrected chi connectivity index (χ1v) is 10.0. The first-order chi connectivity index (χ1) is 12.2. The number of nitrogens with zero attached hydrogens (tertiary/aromatic N) is 3. The fourth-order valence-electron chi connectivity index (χ4n) is 3.53. The van der Waals surface area contributed by atoms with Gasteiger partial charge in [-0.05, 0) is 38.4 Å². The summed E-state index contributed by atoms with van der Waals surface area (Å²) in [6.45, 7) is 7.46. The van der Waals surface area contributed by atoms with Crippen LogP contribution in [-0.2, 0) is 17.9 Å². The first-order valence-electron chi connectivity index (χ1n) is 9.14. The molecule has 0 spiro atoms. The van der Waals surface area contributed by atoms with Crippen LogP contribution < -0.4 is 0 Å². The predicted octanol–water partition coefficient (Wildman–Crippen LogP) is 3.85. The standard InChI is InChI=1S/C20H27N3OS/c1-3-22-12-8-7-11-18(22)20(24)23(13-17-9-5-4-6-10-17)14-19-16(2)21-15-25-19/h4-6,9-10,15,18H,3,7-8,11-14H2,1-2H3/t18-/m1/s1. The Hall–Kier alpha value is -1.72. The van der Waals surface area contributed by atoms with E-state index in [4.69, 9.17) is 0 Å². The molecule has 1 aliphatic rings. The van der Waals surface area contributed by atoms with E-state index < -0.39 is 0 Å². The van der Waals surface area contributed by atoms with E-state index in [2.05, 4.69) is 28.9 Å². The Balaban J connectivity index is 1.81. The van der Waals surface area contributed by atoms with E-state index in [1.807, 2.05) is 35.5 Å². The SMILES string of the molecule is CCN1CCCC[C@@H]1C(=O)N(Cc1ccccc1)Cc1scnc1C. The van der Waals surface area contributed by atoms with Crippen molar-refractivity contribution in [3.63, 3.8) is 0 Å². The van der Waals surface area contributed by atoms with Gasteiger partial charge in [-0.25, -0.2) is 4.98 Å². The van der Waals surface area contributed by atoms with Crippen LogP contribution in [0, 0.1) is 6.92 Å². The summed E-state index contributed by atoms with van der Waals surface area (Å²) in [5, 5.41) is 0. The number of carbonyl (C=O) groups excluding carboxylic acids is 1. The van der Waals surface area contributed by atoms with Crippen LogP contribution >= 0.6 is 11.3 Å². The van der Waals surface area contributed by atoms with E-state index >= 15 is 0 Å². The summed E-state index contributed by atoms with van der Waals surface area (Å²) in [4.78, 5) is 23.3. The van der Waals surface area contributed by atoms with E-state index in [-0.39, 0.29) is 11.9 Å². The van der Waals surface area contributed by atoms with Gasteiger partial charge in [-0.15, -0.1) is 11.3 Å². The number of hydrogen-bond donors (Lipinski definition) is 0. The van der Waals surface area contributed by atoms with Gasteiger partial charge in [-0.3, -0.25) is 9.69 Å². The lowest BCUT2D eigenvalue weighted by Gasteiger charge is -2.37. The van der Waals surface area contributed by atoms with E-state index in [1.54, 1.807) is 11.3 Å². The lowest BCUT2D eigenvalue weighted by Crippen LogP contribution is -2.50. The number of likely N-dealkylation sites (tertiary alicyclic amines) is 1. The Morgan fingerprint density at radius 1 is 1.28 bits per heavy atom. The van der Waals surface area contributed by atoms with Crippen molar-refractivity contribution in [1.29, 1.82) is 0 Å². The third-order valence-electron chi connectivity index (χ3n) is 5.01. The van der Waals surface area contributed by atoms with Gasteiger partial charge in [-0.2, -0.15) is 0 Å². The van der Waals surface area contributed by atoms with Crippen LogP contribution in [0.3, 0.4) is 0 Å². The van der Waals surface area contributed by atoms with Crippen LogP contribution in [0.1, 0.15) is 42.3 Å². The molecule has 0 aliphatic carbocycles. The molecule has 0 unspecified atom stereocenters. The maximum atomic E-state index is 13.4. The molecule has 1 atom stereocenters. The topological polar surface area (TPSA) is 36.4 Å². The number of benzene rings is 1. The molecule has 2 aromatic rings. The van der Waals surface area contributed by atoms with Gasteiger partial charge >= 0.3 is 0 Å². The third-order valence-corrected chi connectivity index (χ3v) is 5.93. The van der Waals surface area contributed by atoms with Crippen LogP contribution in [0.2, 0.25) is 0 Å². The van der Waals surface area contributed by atoms with Crippen molar-refractivity contribution in [3.05, 3.63) is 52.0 Å². The number of amides is 1. The Kier molecular flexibility index (Phi) is 6.21. The molecule has 1 aliphatic heterocycles. The highest BCUT2D eigenvalue weighted by atomic mass is 32.1. The molecule has 0 radical (unpaired) electrons. The van der Waals surface area contributed by atoms with Gasteiger partial charge in [0.2, 0.25) is 5.91 Å². The molecule has 0 saturated carbocycles. The van der Waals surface area contributed by atoms with Gasteiger partial charge in [0.05, 0.1) is 23.8 Å². The number of carbonyl (C=O) groups is 1. The van der Waals surface area contributed by atoms with E-state index in [0.29, 0.717) is 13.1 Å². The number of rotatable bonds is 6. The van der Waals surface area contributed by atoms with Crippen molar-refractivity contribution in [1.82, 2.24) is 14.8 Å². The molecule has 0 bridgehead atoms. The summed E-state index contributed by atoms with van der Waals surface area (Å²) in [6.07, 6.45) is 3.32. The van der Waals surface area contributed by atoms with Crippen molar-refractivity contribution < 1.29 is 4.79 Å². The molecule has 2 heterocycles. The zero-order chi connectivity index (χ0) is 17.6. The number of piperidine rings is 1. The molecule has 1 saturated heterocycles. The monoisotopic (exact) mass is 357 g/mol. The normalized spacial score (nSPS) is 18.2. The van der Waals surface area contributed by atoms with E-state index in [0.717, 1.165) is 31.6 Å². The van der Waals surface area contributed by atoms with E-state index in [1.165, 1.54) is 16.9 Å². The minimum absolute atomic E-state index is 0.0238. The van der Waals surface area contributed by atoms with Gasteiger partial charge in [-0.1, -0.05) is 43.7 Å². The molecule has 1 fully saturated rings. The third kappa shape index (κ3) is 4.47. The fourth-order valence-corrected chi connectivity index (χ4v) is 4.32. The fraction of sp³-hybridized carbons (Fsp3) is 0.500. The summed E-state index contributed by atoms with van der Waals surface area (Å²) < 4.78 is 0. The van der Waals surface area contributed by atoms with Crippen molar-refractivity contribution in [3.8, 4) is 0 Å². The molecule has 1 amide bonds. The Morgan fingerprint density at radius 3 is 2.76 bits per heavy atom. The number of thiazole rings is 1. The lowest BCUT2D eigenvalue weighted by atomic mass is 10.0.